The first-order chi connectivity index (χ1) is 16.0. The minimum absolute atomic E-state index is 0.219. The number of nitrogens with zero attached hydrogens (tertiary/aromatic N) is 5. The molecule has 3 aromatic rings. The van der Waals surface area contributed by atoms with Crippen LogP contribution >= 0.6 is 0 Å². The number of benzene rings is 1. The predicted molar refractivity (Wildman–Crippen MR) is 130 cm³/mol. The number of hydrogen-bond acceptors (Lipinski definition) is 8. The van der Waals surface area contributed by atoms with E-state index in [4.69, 9.17) is 25.6 Å². The molecule has 10 nitrogen and oxygen atoms in total. The van der Waals surface area contributed by atoms with Crippen molar-refractivity contribution in [2.24, 2.45) is 10.7 Å². The molecule has 10 heteroatoms. The number of hydrogen-bond donors (Lipinski definition) is 3. The first kappa shape index (κ1) is 22.0. The predicted octanol–water partition coefficient (Wildman–Crippen LogP) is 2.54. The number of amidine groups is 1. The van der Waals surface area contributed by atoms with Crippen LogP contribution in [0.25, 0.3) is 16.6 Å². The van der Waals surface area contributed by atoms with Crippen molar-refractivity contribution in [2.75, 3.05) is 39.3 Å². The van der Waals surface area contributed by atoms with Crippen LogP contribution in [-0.4, -0.2) is 61.5 Å². The second kappa shape index (κ2) is 9.53. The minimum Gasteiger partial charge on any atom is -0.497 e. The van der Waals surface area contributed by atoms with Gasteiger partial charge in [0.25, 0.3) is 0 Å². The van der Waals surface area contributed by atoms with Crippen LogP contribution in [0.15, 0.2) is 53.8 Å². The highest BCUT2D eigenvalue weighted by Gasteiger charge is 2.17. The maximum absolute atomic E-state index is 7.25. The number of rotatable bonds is 8. The van der Waals surface area contributed by atoms with Gasteiger partial charge in [-0.15, -0.1) is 0 Å². The van der Waals surface area contributed by atoms with Crippen LogP contribution in [0.5, 0.6) is 11.5 Å². The third-order valence-electron chi connectivity index (χ3n) is 5.24. The zero-order valence-electron chi connectivity index (χ0n) is 18.7. The third kappa shape index (κ3) is 4.85. The van der Waals surface area contributed by atoms with Crippen LogP contribution in [0.2, 0.25) is 0 Å². The van der Waals surface area contributed by atoms with Gasteiger partial charge in [-0.1, -0.05) is 0 Å². The van der Waals surface area contributed by atoms with E-state index < -0.39 is 0 Å². The number of pyridine rings is 2. The summed E-state index contributed by atoms with van der Waals surface area (Å²) in [5, 5.41) is 9.18. The van der Waals surface area contributed by atoms with Gasteiger partial charge >= 0.3 is 0 Å². The van der Waals surface area contributed by atoms with Gasteiger partial charge in [-0.3, -0.25) is 10.4 Å². The fraction of sp³-hybridized carbons (Fsp3) is 0.217. The largest absolute Gasteiger partial charge is 0.497 e. The molecule has 0 radical (unpaired) electrons. The van der Waals surface area contributed by atoms with Crippen LogP contribution in [0.4, 0.5) is 11.5 Å². The van der Waals surface area contributed by atoms with Crippen LogP contribution in [0.1, 0.15) is 5.56 Å². The maximum Gasteiger partial charge on any atom is 0.134 e. The Balaban J connectivity index is 1.80. The fourth-order valence-electron chi connectivity index (χ4n) is 3.57. The third-order valence-corrected chi connectivity index (χ3v) is 5.24. The van der Waals surface area contributed by atoms with E-state index in [0.29, 0.717) is 17.3 Å². The van der Waals surface area contributed by atoms with Gasteiger partial charge < -0.3 is 25.1 Å². The lowest BCUT2D eigenvalue weighted by Gasteiger charge is -2.25. The van der Waals surface area contributed by atoms with E-state index in [1.165, 1.54) is 0 Å². The van der Waals surface area contributed by atoms with Gasteiger partial charge in [0.2, 0.25) is 0 Å². The Morgan fingerprint density at radius 2 is 1.97 bits per heavy atom. The molecule has 0 atom stereocenters. The molecule has 4 N–H and O–H groups in total. The van der Waals surface area contributed by atoms with E-state index in [-0.39, 0.29) is 12.4 Å². The first-order valence-electron chi connectivity index (χ1n) is 10.3. The molecule has 0 saturated carbocycles. The summed E-state index contributed by atoms with van der Waals surface area (Å²) in [7, 11) is 5.15. The fourth-order valence-corrected chi connectivity index (χ4v) is 3.57. The molecule has 0 aliphatic carbocycles. The van der Waals surface area contributed by atoms with Crippen molar-refractivity contribution in [1.82, 2.24) is 20.4 Å². The van der Waals surface area contributed by atoms with Gasteiger partial charge in [-0.05, 0) is 23.8 Å². The van der Waals surface area contributed by atoms with Crippen molar-refractivity contribution < 1.29 is 9.47 Å². The SMILES string of the molecule is COc1cc(OC)cc(N(CC(N)=NC=N)c2ccc3ncc(C4=CN(C)NC4)cc3n2)c1. The summed E-state index contributed by atoms with van der Waals surface area (Å²) in [5.74, 6) is 2.18. The summed E-state index contributed by atoms with van der Waals surface area (Å²) >= 11 is 0. The maximum atomic E-state index is 7.25. The van der Waals surface area contributed by atoms with Crippen LogP contribution < -0.4 is 25.5 Å². The number of hydrazine groups is 1. The zero-order valence-corrected chi connectivity index (χ0v) is 18.7. The summed E-state index contributed by atoms with van der Waals surface area (Å²) in [4.78, 5) is 15.3. The summed E-state index contributed by atoms with van der Waals surface area (Å²) < 4.78 is 10.9. The number of aliphatic imine (C=N–C) groups is 1. The minimum atomic E-state index is 0.219. The molecule has 0 bridgehead atoms. The van der Waals surface area contributed by atoms with Crippen LogP contribution in [0, 0.1) is 5.41 Å². The number of methoxy groups -OCH3 is 2. The number of nitrogens with one attached hydrogen (secondary N) is 2. The number of ether oxygens (including phenoxy) is 2. The molecule has 3 heterocycles. The van der Waals surface area contributed by atoms with E-state index in [9.17, 15) is 0 Å². The average molecular weight is 447 g/mol. The number of anilines is 2. The summed E-state index contributed by atoms with van der Waals surface area (Å²) in [6, 6.07) is 11.3. The quantitative estimate of drug-likeness (QED) is 0.356. The Hall–Kier alpha value is -4.18. The van der Waals surface area contributed by atoms with E-state index in [2.05, 4.69) is 15.4 Å². The van der Waals surface area contributed by atoms with E-state index in [1.807, 2.05) is 59.7 Å². The lowest BCUT2D eigenvalue weighted by Crippen LogP contribution is -2.31. The second-order valence-electron chi connectivity index (χ2n) is 7.44. The van der Waals surface area contributed by atoms with Crippen molar-refractivity contribution in [3.8, 4) is 11.5 Å². The Morgan fingerprint density at radius 3 is 2.61 bits per heavy atom. The van der Waals surface area contributed by atoms with Gasteiger partial charge in [-0.2, -0.15) is 0 Å². The van der Waals surface area contributed by atoms with Gasteiger partial charge in [-0.25, -0.2) is 15.4 Å². The van der Waals surface area contributed by atoms with Gasteiger partial charge in [0.05, 0.1) is 37.5 Å². The molecule has 1 aliphatic heterocycles. The first-order valence-corrected chi connectivity index (χ1v) is 10.3. The lowest BCUT2D eigenvalue weighted by molar-refractivity contribution is 0.374. The van der Waals surface area contributed by atoms with Crippen LogP contribution in [-0.2, 0) is 0 Å². The number of fused-ring (bicyclic) bond motifs is 1. The molecule has 1 aliphatic rings. The smallest absolute Gasteiger partial charge is 0.134 e. The van der Waals surface area contributed by atoms with Gasteiger partial charge in [0.15, 0.2) is 0 Å². The van der Waals surface area contributed by atoms with E-state index >= 15 is 0 Å². The molecular formula is C23H26N8O2. The normalized spacial score (nSPS) is 13.7. The van der Waals surface area contributed by atoms with E-state index in [1.54, 1.807) is 20.3 Å². The Labute approximate surface area is 191 Å². The van der Waals surface area contributed by atoms with Crippen molar-refractivity contribution in [3.05, 3.63) is 54.4 Å². The lowest BCUT2D eigenvalue weighted by atomic mass is 10.1. The highest BCUT2D eigenvalue weighted by atomic mass is 16.5. The molecule has 33 heavy (non-hydrogen) atoms. The van der Waals surface area contributed by atoms with Crippen LogP contribution in [0.3, 0.4) is 0 Å². The topological polar surface area (TPSA) is 125 Å². The molecule has 0 amide bonds. The molecule has 0 fully saturated rings. The van der Waals surface area contributed by atoms with Gasteiger partial charge in [0, 0.05) is 49.8 Å². The van der Waals surface area contributed by atoms with Gasteiger partial charge in [0.1, 0.15) is 29.5 Å². The van der Waals surface area contributed by atoms with E-state index in [0.717, 1.165) is 40.7 Å². The summed E-state index contributed by atoms with van der Waals surface area (Å²) in [5.41, 5.74) is 13.7. The Bertz CT molecular complexity index is 1220. The highest BCUT2D eigenvalue weighted by molar-refractivity contribution is 5.92. The Morgan fingerprint density at radius 1 is 1.21 bits per heavy atom. The molecule has 170 valence electrons. The molecule has 4 rings (SSSR count). The monoisotopic (exact) mass is 446 g/mol. The number of nitrogens with two attached hydrogens (primary N) is 1. The summed E-state index contributed by atoms with van der Waals surface area (Å²) in [6.45, 7) is 0.951. The van der Waals surface area contributed by atoms with Crippen molar-refractivity contribution in [1.29, 1.82) is 5.41 Å². The number of aromatic nitrogens is 2. The molecule has 0 unspecified atom stereocenters. The molecule has 2 aromatic heterocycles. The van der Waals surface area contributed by atoms with Crippen molar-refractivity contribution in [3.63, 3.8) is 0 Å². The molecular weight excluding hydrogens is 420 g/mol. The highest BCUT2D eigenvalue weighted by Crippen LogP contribution is 2.33. The molecule has 1 aromatic carbocycles. The standard InChI is InChI=1S/C23H26N8O2/c1-30-12-16(11-28-30)15-6-21-20(26-10-15)4-5-23(29-21)31(13-22(25)27-14-24)17-7-18(32-2)9-19(8-17)33-3/h4-10,12,14,28H,11,13H2,1-3H3,(H3,24,25,27). The van der Waals surface area contributed by atoms with Crippen molar-refractivity contribution in [2.45, 2.75) is 0 Å². The zero-order chi connectivity index (χ0) is 23.4. The second-order valence-corrected chi connectivity index (χ2v) is 7.44. The average Bonchev–Trinajstić information content (AvgIpc) is 3.27. The van der Waals surface area contributed by atoms with Crippen molar-refractivity contribution >= 4 is 40.3 Å². The Kier molecular flexibility index (Phi) is 6.36. The summed E-state index contributed by atoms with van der Waals surface area (Å²) in [6.07, 6.45) is 4.82. The molecule has 0 saturated heterocycles. The molecule has 0 spiro atoms.